The number of nitrogens with one attached hydrogen (secondary N) is 2. The molecule has 0 fully saturated rings. The Balaban J connectivity index is 1.61. The van der Waals surface area contributed by atoms with Crippen molar-refractivity contribution in [3.63, 3.8) is 0 Å². The van der Waals surface area contributed by atoms with E-state index in [1.807, 2.05) is 0 Å². The van der Waals surface area contributed by atoms with Crippen LogP contribution in [0.15, 0.2) is 54.7 Å². The van der Waals surface area contributed by atoms with E-state index in [1.54, 1.807) is 37.4 Å². The van der Waals surface area contributed by atoms with Crippen molar-refractivity contribution in [2.45, 2.75) is 20.4 Å². The second kappa shape index (κ2) is 8.75. The Morgan fingerprint density at radius 3 is 2.52 bits per heavy atom. The summed E-state index contributed by atoms with van der Waals surface area (Å²) >= 11 is 0. The standard InChI is InChI=1S/C20H21N5O2/c1-3-27-19(26)16-8-10-17(11-9-16)23-20-24-18(13-22-25-20)21-12-15-6-4-14(2)5-7-15/h4-11,13H,3,12H2,1-2H3,(H2,21,23,24,25). The summed E-state index contributed by atoms with van der Waals surface area (Å²) in [6.07, 6.45) is 1.57. The summed E-state index contributed by atoms with van der Waals surface area (Å²) in [6.45, 7) is 4.83. The SMILES string of the molecule is CCOC(=O)c1ccc(Nc2nncc(NCc3ccc(C)cc3)n2)cc1. The minimum atomic E-state index is -0.343. The first-order valence-electron chi connectivity index (χ1n) is 8.67. The minimum absolute atomic E-state index is 0.343. The van der Waals surface area contributed by atoms with Crippen LogP contribution >= 0.6 is 0 Å². The van der Waals surface area contributed by atoms with E-state index in [2.05, 4.69) is 57.0 Å². The van der Waals surface area contributed by atoms with Gasteiger partial charge in [0.2, 0.25) is 5.95 Å². The molecule has 0 aliphatic carbocycles. The number of carbonyl (C=O) groups is 1. The fourth-order valence-electron chi connectivity index (χ4n) is 2.37. The van der Waals surface area contributed by atoms with Gasteiger partial charge in [-0.25, -0.2) is 4.79 Å². The average molecular weight is 363 g/mol. The van der Waals surface area contributed by atoms with Gasteiger partial charge in [-0.3, -0.25) is 0 Å². The zero-order chi connectivity index (χ0) is 19.1. The monoisotopic (exact) mass is 363 g/mol. The molecular formula is C20H21N5O2. The number of aryl methyl sites for hydroxylation is 1. The van der Waals surface area contributed by atoms with Crippen LogP contribution in [0.5, 0.6) is 0 Å². The molecule has 0 saturated heterocycles. The largest absolute Gasteiger partial charge is 0.462 e. The van der Waals surface area contributed by atoms with Gasteiger partial charge in [-0.1, -0.05) is 29.8 Å². The number of carbonyl (C=O) groups excluding carboxylic acids is 1. The number of aromatic nitrogens is 3. The van der Waals surface area contributed by atoms with Gasteiger partial charge < -0.3 is 15.4 Å². The van der Waals surface area contributed by atoms with Gasteiger partial charge in [-0.2, -0.15) is 10.1 Å². The van der Waals surface area contributed by atoms with Crippen LogP contribution in [0.25, 0.3) is 0 Å². The summed E-state index contributed by atoms with van der Waals surface area (Å²) in [5.41, 5.74) is 3.63. The van der Waals surface area contributed by atoms with E-state index < -0.39 is 0 Å². The van der Waals surface area contributed by atoms with Crippen LogP contribution < -0.4 is 10.6 Å². The molecule has 27 heavy (non-hydrogen) atoms. The Bertz CT molecular complexity index is 895. The van der Waals surface area contributed by atoms with Gasteiger partial charge in [0, 0.05) is 12.2 Å². The maximum Gasteiger partial charge on any atom is 0.338 e. The summed E-state index contributed by atoms with van der Waals surface area (Å²) in [5.74, 6) is 0.647. The van der Waals surface area contributed by atoms with Crippen molar-refractivity contribution in [1.82, 2.24) is 15.2 Å². The van der Waals surface area contributed by atoms with E-state index in [0.717, 1.165) is 11.3 Å². The Kier molecular flexibility index (Phi) is 5.94. The predicted octanol–water partition coefficient (Wildman–Crippen LogP) is 3.71. The number of benzene rings is 2. The lowest BCUT2D eigenvalue weighted by atomic mass is 10.1. The highest BCUT2D eigenvalue weighted by molar-refractivity contribution is 5.89. The van der Waals surface area contributed by atoms with Crippen LogP contribution in [-0.2, 0) is 11.3 Å². The van der Waals surface area contributed by atoms with Crippen molar-refractivity contribution in [3.05, 3.63) is 71.4 Å². The van der Waals surface area contributed by atoms with Gasteiger partial charge >= 0.3 is 5.97 Å². The number of ether oxygens (including phenoxy) is 1. The van der Waals surface area contributed by atoms with Crippen molar-refractivity contribution in [2.24, 2.45) is 0 Å². The molecule has 0 spiro atoms. The summed E-state index contributed by atoms with van der Waals surface area (Å²) in [7, 11) is 0. The highest BCUT2D eigenvalue weighted by Crippen LogP contribution is 2.15. The van der Waals surface area contributed by atoms with E-state index in [4.69, 9.17) is 4.74 Å². The Hall–Kier alpha value is -3.48. The third-order valence-corrected chi connectivity index (χ3v) is 3.81. The van der Waals surface area contributed by atoms with Crippen LogP contribution in [0.3, 0.4) is 0 Å². The zero-order valence-corrected chi connectivity index (χ0v) is 15.3. The van der Waals surface area contributed by atoms with Crippen molar-refractivity contribution < 1.29 is 9.53 Å². The molecule has 7 nitrogen and oxygen atoms in total. The molecule has 0 saturated carbocycles. The lowest BCUT2D eigenvalue weighted by Gasteiger charge is -2.08. The highest BCUT2D eigenvalue weighted by atomic mass is 16.5. The van der Waals surface area contributed by atoms with Gasteiger partial charge in [0.15, 0.2) is 5.82 Å². The predicted molar refractivity (Wildman–Crippen MR) is 104 cm³/mol. The van der Waals surface area contributed by atoms with Crippen molar-refractivity contribution >= 4 is 23.4 Å². The van der Waals surface area contributed by atoms with Gasteiger partial charge in [-0.05, 0) is 43.7 Å². The van der Waals surface area contributed by atoms with Crippen molar-refractivity contribution in [3.8, 4) is 0 Å². The van der Waals surface area contributed by atoms with E-state index in [0.29, 0.717) is 30.5 Å². The maximum atomic E-state index is 11.7. The number of hydrogen-bond donors (Lipinski definition) is 2. The van der Waals surface area contributed by atoms with E-state index in [1.165, 1.54) is 5.56 Å². The number of nitrogens with zero attached hydrogens (tertiary/aromatic N) is 3. The number of hydrogen-bond acceptors (Lipinski definition) is 7. The first-order chi connectivity index (χ1) is 13.1. The lowest BCUT2D eigenvalue weighted by Crippen LogP contribution is -2.06. The minimum Gasteiger partial charge on any atom is -0.462 e. The first-order valence-corrected chi connectivity index (χ1v) is 8.67. The molecule has 3 aromatic rings. The smallest absolute Gasteiger partial charge is 0.338 e. The second-order valence-electron chi connectivity index (χ2n) is 5.93. The number of anilines is 3. The molecule has 0 bridgehead atoms. The zero-order valence-electron chi connectivity index (χ0n) is 15.3. The molecule has 2 N–H and O–H groups in total. The van der Waals surface area contributed by atoms with E-state index in [9.17, 15) is 4.79 Å². The molecule has 138 valence electrons. The quantitative estimate of drug-likeness (QED) is 0.619. The van der Waals surface area contributed by atoms with Crippen molar-refractivity contribution in [2.75, 3.05) is 17.2 Å². The number of esters is 1. The number of rotatable bonds is 7. The van der Waals surface area contributed by atoms with Gasteiger partial charge in [0.05, 0.1) is 18.4 Å². The van der Waals surface area contributed by atoms with Gasteiger partial charge in [-0.15, -0.1) is 5.10 Å². The van der Waals surface area contributed by atoms with Crippen LogP contribution in [0, 0.1) is 6.92 Å². The van der Waals surface area contributed by atoms with Crippen LogP contribution in [-0.4, -0.2) is 27.8 Å². The summed E-state index contributed by atoms with van der Waals surface area (Å²) in [6, 6.07) is 15.2. The molecule has 0 aliphatic heterocycles. The molecule has 0 aliphatic rings. The fraction of sp³-hybridized carbons (Fsp3) is 0.200. The van der Waals surface area contributed by atoms with Crippen molar-refractivity contribution in [1.29, 1.82) is 0 Å². The molecule has 1 aromatic heterocycles. The third-order valence-electron chi connectivity index (χ3n) is 3.81. The van der Waals surface area contributed by atoms with Gasteiger partial charge in [0.1, 0.15) is 0 Å². The van der Waals surface area contributed by atoms with E-state index in [-0.39, 0.29) is 5.97 Å². The summed E-state index contributed by atoms with van der Waals surface area (Å²) in [5, 5.41) is 14.3. The molecule has 0 radical (unpaired) electrons. The molecule has 3 rings (SSSR count). The van der Waals surface area contributed by atoms with Crippen LogP contribution in [0.2, 0.25) is 0 Å². The van der Waals surface area contributed by atoms with Crippen LogP contribution in [0.4, 0.5) is 17.5 Å². The second-order valence-corrected chi connectivity index (χ2v) is 5.93. The molecule has 7 heteroatoms. The summed E-state index contributed by atoms with van der Waals surface area (Å²) in [4.78, 5) is 16.1. The topological polar surface area (TPSA) is 89.0 Å². The molecule has 2 aromatic carbocycles. The normalized spacial score (nSPS) is 10.3. The lowest BCUT2D eigenvalue weighted by molar-refractivity contribution is 0.0526. The first kappa shape index (κ1) is 18.3. The molecule has 1 heterocycles. The highest BCUT2D eigenvalue weighted by Gasteiger charge is 2.07. The Morgan fingerprint density at radius 1 is 1.07 bits per heavy atom. The fourth-order valence-corrected chi connectivity index (χ4v) is 2.37. The Labute approximate surface area is 157 Å². The average Bonchev–Trinajstić information content (AvgIpc) is 2.69. The van der Waals surface area contributed by atoms with Crippen LogP contribution in [0.1, 0.15) is 28.4 Å². The third kappa shape index (κ3) is 5.24. The summed E-state index contributed by atoms with van der Waals surface area (Å²) < 4.78 is 4.97. The molecule has 0 unspecified atom stereocenters. The molecule has 0 amide bonds. The van der Waals surface area contributed by atoms with Gasteiger partial charge in [0.25, 0.3) is 0 Å². The van der Waals surface area contributed by atoms with E-state index >= 15 is 0 Å². The molecule has 0 atom stereocenters. The molecular weight excluding hydrogens is 342 g/mol. The Morgan fingerprint density at radius 2 is 1.81 bits per heavy atom. The maximum absolute atomic E-state index is 11.7.